The highest BCUT2D eigenvalue weighted by atomic mass is 16.5. The Labute approximate surface area is 124 Å². The molecule has 108 valence electrons. The Morgan fingerprint density at radius 3 is 2.90 bits per heavy atom. The van der Waals surface area contributed by atoms with Crippen molar-refractivity contribution in [1.82, 2.24) is 4.98 Å². The average molecular weight is 282 g/mol. The van der Waals surface area contributed by atoms with Gasteiger partial charge in [-0.05, 0) is 55.7 Å². The van der Waals surface area contributed by atoms with Gasteiger partial charge in [0, 0.05) is 11.9 Å². The second-order valence-electron chi connectivity index (χ2n) is 5.08. The average Bonchev–Trinajstić information content (AvgIpc) is 2.92. The number of hydrogen-bond acceptors (Lipinski definition) is 4. The number of ether oxygens (including phenoxy) is 1. The fourth-order valence-electron chi connectivity index (χ4n) is 2.67. The summed E-state index contributed by atoms with van der Waals surface area (Å²) in [5, 5.41) is 3.48. The zero-order chi connectivity index (χ0) is 14.7. The third-order valence-corrected chi connectivity index (χ3v) is 3.70. The Bertz CT molecular complexity index is 637. The van der Waals surface area contributed by atoms with E-state index in [0.717, 1.165) is 24.2 Å². The first-order chi connectivity index (χ1) is 10.3. The molecule has 1 aromatic heterocycles. The summed E-state index contributed by atoms with van der Waals surface area (Å²) in [7, 11) is 0. The molecular weight excluding hydrogens is 264 g/mol. The highest BCUT2D eigenvalue weighted by Crippen LogP contribution is 2.31. The Morgan fingerprint density at radius 2 is 2.14 bits per heavy atom. The first kappa shape index (κ1) is 13.6. The molecular formula is C17H18N2O2. The van der Waals surface area contributed by atoms with Gasteiger partial charge in [0.1, 0.15) is 0 Å². The van der Waals surface area contributed by atoms with Crippen LogP contribution in [0, 0.1) is 0 Å². The van der Waals surface area contributed by atoms with E-state index >= 15 is 0 Å². The van der Waals surface area contributed by atoms with Crippen LogP contribution in [0.4, 0.5) is 5.69 Å². The van der Waals surface area contributed by atoms with Gasteiger partial charge in [-0.3, -0.25) is 4.98 Å². The number of pyridine rings is 1. The molecule has 0 saturated carbocycles. The number of nitrogens with zero attached hydrogens (tertiary/aromatic N) is 1. The molecule has 1 heterocycles. The van der Waals surface area contributed by atoms with E-state index in [4.69, 9.17) is 4.74 Å². The lowest BCUT2D eigenvalue weighted by atomic mass is 10.1. The predicted octanol–water partition coefficient (Wildman–Crippen LogP) is 3.36. The largest absolute Gasteiger partial charge is 0.462 e. The first-order valence-electron chi connectivity index (χ1n) is 7.25. The lowest BCUT2D eigenvalue weighted by Gasteiger charge is -2.14. The minimum Gasteiger partial charge on any atom is -0.462 e. The number of hydrogen-bond donors (Lipinski definition) is 1. The maximum Gasteiger partial charge on any atom is 0.338 e. The van der Waals surface area contributed by atoms with Gasteiger partial charge in [0.05, 0.1) is 23.9 Å². The van der Waals surface area contributed by atoms with Crippen LogP contribution in [0.2, 0.25) is 0 Å². The SMILES string of the molecule is CCOC(=O)c1ccc(NC2CCc3cccnc32)cc1. The summed E-state index contributed by atoms with van der Waals surface area (Å²) in [5.74, 6) is -0.281. The van der Waals surface area contributed by atoms with Crippen molar-refractivity contribution in [3.05, 3.63) is 59.4 Å². The van der Waals surface area contributed by atoms with Crippen molar-refractivity contribution in [3.63, 3.8) is 0 Å². The number of nitrogens with one attached hydrogen (secondary N) is 1. The number of aromatic nitrogens is 1. The van der Waals surface area contributed by atoms with E-state index in [1.165, 1.54) is 5.56 Å². The second-order valence-corrected chi connectivity index (χ2v) is 5.08. The van der Waals surface area contributed by atoms with Crippen LogP contribution >= 0.6 is 0 Å². The Hall–Kier alpha value is -2.36. The summed E-state index contributed by atoms with van der Waals surface area (Å²) in [6, 6.07) is 11.8. The fraction of sp³-hybridized carbons (Fsp3) is 0.294. The van der Waals surface area contributed by atoms with Crippen molar-refractivity contribution >= 4 is 11.7 Å². The van der Waals surface area contributed by atoms with Crippen molar-refractivity contribution in [3.8, 4) is 0 Å². The predicted molar refractivity (Wildman–Crippen MR) is 81.3 cm³/mol. The van der Waals surface area contributed by atoms with Gasteiger partial charge in [0.15, 0.2) is 0 Å². The Balaban J connectivity index is 1.71. The van der Waals surface area contributed by atoms with Crippen LogP contribution < -0.4 is 5.32 Å². The lowest BCUT2D eigenvalue weighted by Crippen LogP contribution is -2.09. The van der Waals surface area contributed by atoms with Gasteiger partial charge in [0.25, 0.3) is 0 Å². The molecule has 1 unspecified atom stereocenters. The highest BCUT2D eigenvalue weighted by Gasteiger charge is 2.23. The van der Waals surface area contributed by atoms with Crippen molar-refractivity contribution in [1.29, 1.82) is 0 Å². The quantitative estimate of drug-likeness (QED) is 0.874. The molecule has 0 fully saturated rings. The molecule has 3 rings (SSSR count). The maximum absolute atomic E-state index is 11.6. The second kappa shape index (κ2) is 5.95. The number of carbonyl (C=O) groups is 1. The molecule has 1 aliphatic rings. The third kappa shape index (κ3) is 2.89. The summed E-state index contributed by atoms with van der Waals surface area (Å²) in [4.78, 5) is 16.1. The summed E-state index contributed by atoms with van der Waals surface area (Å²) in [6.45, 7) is 2.20. The fourth-order valence-corrected chi connectivity index (χ4v) is 2.67. The summed E-state index contributed by atoms with van der Waals surface area (Å²) >= 11 is 0. The zero-order valence-corrected chi connectivity index (χ0v) is 12.0. The molecule has 0 aliphatic heterocycles. The number of anilines is 1. The number of esters is 1. The van der Waals surface area contributed by atoms with E-state index < -0.39 is 0 Å². The van der Waals surface area contributed by atoms with Crippen molar-refractivity contribution in [2.75, 3.05) is 11.9 Å². The summed E-state index contributed by atoms with van der Waals surface area (Å²) < 4.78 is 4.98. The Kier molecular flexibility index (Phi) is 3.86. The number of benzene rings is 1. The van der Waals surface area contributed by atoms with Gasteiger partial charge in [-0.1, -0.05) is 6.07 Å². The van der Waals surface area contributed by atoms with E-state index in [-0.39, 0.29) is 12.0 Å². The molecule has 0 radical (unpaired) electrons. The van der Waals surface area contributed by atoms with Gasteiger partial charge in [0.2, 0.25) is 0 Å². The lowest BCUT2D eigenvalue weighted by molar-refractivity contribution is 0.0526. The van der Waals surface area contributed by atoms with Crippen molar-refractivity contribution in [2.24, 2.45) is 0 Å². The third-order valence-electron chi connectivity index (χ3n) is 3.70. The van der Waals surface area contributed by atoms with Gasteiger partial charge in [-0.2, -0.15) is 0 Å². The zero-order valence-electron chi connectivity index (χ0n) is 12.0. The molecule has 0 saturated heterocycles. The van der Waals surface area contributed by atoms with Crippen molar-refractivity contribution in [2.45, 2.75) is 25.8 Å². The van der Waals surface area contributed by atoms with E-state index in [2.05, 4.69) is 16.4 Å². The molecule has 1 atom stereocenters. The smallest absolute Gasteiger partial charge is 0.338 e. The van der Waals surface area contributed by atoms with Gasteiger partial charge >= 0.3 is 5.97 Å². The molecule has 2 aromatic rings. The van der Waals surface area contributed by atoms with Crippen molar-refractivity contribution < 1.29 is 9.53 Å². The molecule has 4 nitrogen and oxygen atoms in total. The van der Waals surface area contributed by atoms with Crippen LogP contribution in [0.15, 0.2) is 42.6 Å². The van der Waals surface area contributed by atoms with Gasteiger partial charge < -0.3 is 10.1 Å². The number of carbonyl (C=O) groups excluding carboxylic acids is 1. The van der Waals surface area contributed by atoms with E-state index in [1.807, 2.05) is 24.4 Å². The molecule has 1 aromatic carbocycles. The monoisotopic (exact) mass is 282 g/mol. The van der Waals surface area contributed by atoms with Crippen LogP contribution in [-0.4, -0.2) is 17.6 Å². The van der Waals surface area contributed by atoms with E-state index in [9.17, 15) is 4.79 Å². The van der Waals surface area contributed by atoms with Gasteiger partial charge in [-0.25, -0.2) is 4.79 Å². The van der Waals surface area contributed by atoms with E-state index in [1.54, 1.807) is 19.1 Å². The normalized spacial score (nSPS) is 16.3. The minimum atomic E-state index is -0.281. The first-order valence-corrected chi connectivity index (χ1v) is 7.25. The molecule has 1 aliphatic carbocycles. The molecule has 0 spiro atoms. The van der Waals surface area contributed by atoms with Crippen LogP contribution in [0.1, 0.15) is 41.0 Å². The summed E-state index contributed by atoms with van der Waals surface area (Å²) in [5.41, 5.74) is 4.02. The number of aryl methyl sites for hydroxylation is 1. The number of rotatable bonds is 4. The standard InChI is InChI=1S/C17H18N2O2/c1-2-21-17(20)13-5-8-14(9-6-13)19-15-10-7-12-4-3-11-18-16(12)15/h3-6,8-9,11,15,19H,2,7,10H2,1H3. The molecule has 0 bridgehead atoms. The summed E-state index contributed by atoms with van der Waals surface area (Å²) in [6.07, 6.45) is 3.94. The number of fused-ring (bicyclic) bond motifs is 1. The van der Waals surface area contributed by atoms with Gasteiger partial charge in [-0.15, -0.1) is 0 Å². The highest BCUT2D eigenvalue weighted by molar-refractivity contribution is 5.89. The topological polar surface area (TPSA) is 51.2 Å². The molecule has 1 N–H and O–H groups in total. The van der Waals surface area contributed by atoms with Crippen LogP contribution in [0.5, 0.6) is 0 Å². The molecule has 4 heteroatoms. The Morgan fingerprint density at radius 1 is 1.33 bits per heavy atom. The van der Waals surface area contributed by atoms with E-state index in [0.29, 0.717) is 12.2 Å². The maximum atomic E-state index is 11.6. The van der Waals surface area contributed by atoms with Crippen LogP contribution in [0.25, 0.3) is 0 Å². The van der Waals surface area contributed by atoms with Crippen LogP contribution in [-0.2, 0) is 11.2 Å². The molecule has 0 amide bonds. The van der Waals surface area contributed by atoms with Crippen LogP contribution in [0.3, 0.4) is 0 Å². The molecule has 21 heavy (non-hydrogen) atoms. The minimum absolute atomic E-state index is 0.245.